The zero-order chi connectivity index (χ0) is 35.3. The van der Waals surface area contributed by atoms with E-state index in [1.807, 2.05) is 19.1 Å². The van der Waals surface area contributed by atoms with E-state index in [1.54, 1.807) is 0 Å². The highest BCUT2D eigenvalue weighted by Gasteiger charge is 2.41. The quantitative estimate of drug-likeness (QED) is 0.110. The van der Waals surface area contributed by atoms with E-state index in [0.29, 0.717) is 43.4 Å². The zero-order valence-corrected chi connectivity index (χ0v) is 26.4. The van der Waals surface area contributed by atoms with Crippen LogP contribution in [0.15, 0.2) is 85.5 Å². The van der Waals surface area contributed by atoms with Crippen LogP contribution in [0.5, 0.6) is 5.75 Å². The summed E-state index contributed by atoms with van der Waals surface area (Å²) in [5.41, 5.74) is -2.83. The second kappa shape index (κ2) is 15.4. The Kier molecular flexibility index (Phi) is 11.2. The van der Waals surface area contributed by atoms with Gasteiger partial charge in [0.25, 0.3) is 0 Å². The molecular weight excluding hydrogens is 656 g/mol. The summed E-state index contributed by atoms with van der Waals surface area (Å²) in [4.78, 5) is 0. The lowest BCUT2D eigenvalue weighted by atomic mass is 9.99. The van der Waals surface area contributed by atoms with Crippen molar-refractivity contribution in [1.29, 1.82) is 0 Å². The van der Waals surface area contributed by atoms with Crippen LogP contribution in [0, 0.1) is 40.8 Å². The number of halogens is 8. The molecule has 1 aliphatic heterocycles. The van der Waals surface area contributed by atoms with Gasteiger partial charge in [-0.25, -0.2) is 26.3 Å². The van der Waals surface area contributed by atoms with Crippen molar-refractivity contribution >= 4 is 0 Å². The first kappa shape index (κ1) is 35.8. The molecule has 0 atom stereocenters. The fourth-order valence-electron chi connectivity index (χ4n) is 5.56. The molecular formula is C38H32F8O3. The molecule has 3 nitrogen and oxygen atoms in total. The molecule has 0 aliphatic carbocycles. The molecule has 0 unspecified atom stereocenters. The Morgan fingerprint density at radius 3 is 1.88 bits per heavy atom. The van der Waals surface area contributed by atoms with Gasteiger partial charge in [-0.3, -0.25) is 0 Å². The van der Waals surface area contributed by atoms with Gasteiger partial charge in [-0.2, -0.15) is 8.78 Å². The number of alkyl halides is 2. The van der Waals surface area contributed by atoms with Crippen molar-refractivity contribution in [3.8, 4) is 28.0 Å². The Morgan fingerprint density at radius 1 is 0.755 bits per heavy atom. The Hall–Kier alpha value is -4.48. The van der Waals surface area contributed by atoms with Crippen LogP contribution in [0.4, 0.5) is 35.1 Å². The lowest BCUT2D eigenvalue weighted by Crippen LogP contribution is -2.27. The summed E-state index contributed by atoms with van der Waals surface area (Å²) in [5, 5.41) is 0. The first-order chi connectivity index (χ1) is 23.4. The molecule has 1 aliphatic rings. The number of hydrogen-bond donors (Lipinski definition) is 0. The third kappa shape index (κ3) is 8.22. The summed E-state index contributed by atoms with van der Waals surface area (Å²) in [7, 11) is 0. The molecule has 0 spiro atoms. The third-order valence-electron chi connectivity index (χ3n) is 8.09. The molecule has 0 bridgehead atoms. The van der Waals surface area contributed by atoms with Crippen LogP contribution in [0.3, 0.4) is 0 Å². The van der Waals surface area contributed by atoms with E-state index in [0.717, 1.165) is 43.2 Å². The molecule has 0 aromatic heterocycles. The van der Waals surface area contributed by atoms with Gasteiger partial charge in [-0.05, 0) is 86.2 Å². The molecule has 4 aromatic rings. The van der Waals surface area contributed by atoms with Crippen LogP contribution in [-0.4, -0.2) is 13.2 Å². The highest BCUT2D eigenvalue weighted by atomic mass is 19.3. The van der Waals surface area contributed by atoms with Gasteiger partial charge in [-0.1, -0.05) is 30.4 Å². The lowest BCUT2D eigenvalue weighted by molar-refractivity contribution is -0.205. The van der Waals surface area contributed by atoms with E-state index in [1.165, 1.54) is 18.2 Å². The van der Waals surface area contributed by atoms with Crippen molar-refractivity contribution in [3.63, 3.8) is 0 Å². The average molecular weight is 689 g/mol. The van der Waals surface area contributed by atoms with Crippen LogP contribution in [0.2, 0.25) is 0 Å². The summed E-state index contributed by atoms with van der Waals surface area (Å²) in [6.07, 6.45) is 2.06. The van der Waals surface area contributed by atoms with Crippen molar-refractivity contribution in [3.05, 3.63) is 137 Å². The van der Waals surface area contributed by atoms with E-state index in [9.17, 15) is 13.2 Å². The minimum Gasteiger partial charge on any atom is -0.429 e. The minimum atomic E-state index is -4.64. The zero-order valence-electron chi connectivity index (χ0n) is 26.4. The van der Waals surface area contributed by atoms with E-state index in [4.69, 9.17) is 9.47 Å². The molecule has 1 heterocycles. The van der Waals surface area contributed by atoms with Crippen molar-refractivity contribution in [1.82, 2.24) is 0 Å². The maximum Gasteiger partial charge on any atom is 0.432 e. The first-order valence-corrected chi connectivity index (χ1v) is 15.5. The van der Waals surface area contributed by atoms with E-state index in [2.05, 4.69) is 11.3 Å². The molecule has 49 heavy (non-hydrogen) atoms. The standard InChI is InChI=1S/C38H32F8O3/c1-3-5-7-8-22-20-47-37(48-21-22)23-10-12-27(30(39)14-23)25-17-34(43)36(35(44)18-25)38(45,46)49-26-11-13-28(33(42)19-26)24-15-31(40)29(9-6-4-2)32(41)16-24/h3-5,10-19,22,37H,2,6-9,20-21H2,1H3/b5-3+. The molecule has 0 amide bonds. The molecule has 0 saturated carbocycles. The van der Waals surface area contributed by atoms with Gasteiger partial charge in [0.05, 0.1) is 13.2 Å². The number of ether oxygens (including phenoxy) is 3. The number of rotatable bonds is 12. The highest BCUT2D eigenvalue weighted by Crippen LogP contribution is 2.39. The van der Waals surface area contributed by atoms with Crippen molar-refractivity contribution < 1.29 is 49.3 Å². The van der Waals surface area contributed by atoms with Crippen LogP contribution in [0.1, 0.15) is 49.2 Å². The Labute approximate surface area is 278 Å². The van der Waals surface area contributed by atoms with Crippen molar-refractivity contribution in [2.24, 2.45) is 5.92 Å². The maximum atomic E-state index is 15.1. The Bertz CT molecular complexity index is 1800. The van der Waals surface area contributed by atoms with Gasteiger partial charge in [-0.15, -0.1) is 6.58 Å². The second-order valence-corrected chi connectivity index (χ2v) is 11.6. The van der Waals surface area contributed by atoms with Crippen LogP contribution in [-0.2, 0) is 22.0 Å². The van der Waals surface area contributed by atoms with Gasteiger partial charge in [0.2, 0.25) is 0 Å². The fourth-order valence-corrected chi connectivity index (χ4v) is 5.56. The monoisotopic (exact) mass is 688 g/mol. The smallest absolute Gasteiger partial charge is 0.429 e. The normalized spacial score (nSPS) is 16.7. The molecule has 11 heteroatoms. The molecule has 4 aromatic carbocycles. The fraction of sp³-hybridized carbons (Fsp3) is 0.263. The van der Waals surface area contributed by atoms with E-state index in [-0.39, 0.29) is 40.2 Å². The third-order valence-corrected chi connectivity index (χ3v) is 8.09. The summed E-state index contributed by atoms with van der Waals surface area (Å²) in [5.74, 6) is -8.07. The van der Waals surface area contributed by atoms with Gasteiger partial charge in [0.1, 0.15) is 46.2 Å². The topological polar surface area (TPSA) is 27.7 Å². The Morgan fingerprint density at radius 2 is 1.33 bits per heavy atom. The van der Waals surface area contributed by atoms with Gasteiger partial charge in [0.15, 0.2) is 6.29 Å². The molecule has 0 N–H and O–H groups in total. The predicted octanol–water partition coefficient (Wildman–Crippen LogP) is 11.1. The van der Waals surface area contributed by atoms with Crippen LogP contribution < -0.4 is 4.74 Å². The maximum absolute atomic E-state index is 15.1. The Balaban J connectivity index is 1.31. The summed E-state index contributed by atoms with van der Waals surface area (Å²) in [6.45, 7) is 6.23. The van der Waals surface area contributed by atoms with Crippen molar-refractivity contribution in [2.75, 3.05) is 13.2 Å². The first-order valence-electron chi connectivity index (χ1n) is 15.5. The summed E-state index contributed by atoms with van der Waals surface area (Å²) < 4.78 is 135. The van der Waals surface area contributed by atoms with Gasteiger partial charge >= 0.3 is 6.11 Å². The van der Waals surface area contributed by atoms with Crippen LogP contribution in [0.25, 0.3) is 22.3 Å². The largest absolute Gasteiger partial charge is 0.432 e. The summed E-state index contributed by atoms with van der Waals surface area (Å²) in [6, 6.07) is 8.92. The minimum absolute atomic E-state index is 0.0324. The van der Waals surface area contributed by atoms with Crippen molar-refractivity contribution in [2.45, 2.75) is 45.0 Å². The number of benzene rings is 4. The van der Waals surface area contributed by atoms with Gasteiger partial charge in [0, 0.05) is 34.2 Å². The molecule has 0 radical (unpaired) electrons. The number of allylic oxidation sites excluding steroid dienone is 3. The van der Waals surface area contributed by atoms with Gasteiger partial charge < -0.3 is 14.2 Å². The molecule has 5 rings (SSSR count). The SMILES string of the molecule is C=CCCc1c(F)cc(-c2ccc(OC(F)(F)c3c(F)cc(-c4ccc(C5OCC(CC/C=C/C)CO5)cc4F)cc3F)cc2F)cc1F. The van der Waals surface area contributed by atoms with Crippen LogP contribution >= 0.6 is 0 Å². The molecule has 1 saturated heterocycles. The number of hydrogen-bond acceptors (Lipinski definition) is 3. The highest BCUT2D eigenvalue weighted by molar-refractivity contribution is 5.67. The predicted molar refractivity (Wildman–Crippen MR) is 169 cm³/mol. The summed E-state index contributed by atoms with van der Waals surface area (Å²) >= 11 is 0. The van der Waals surface area contributed by atoms with E-state index >= 15 is 22.0 Å². The average Bonchev–Trinajstić information content (AvgIpc) is 3.04. The van der Waals surface area contributed by atoms with E-state index < -0.39 is 58.6 Å². The molecule has 258 valence electrons. The lowest BCUT2D eigenvalue weighted by Gasteiger charge is -2.29. The molecule has 1 fully saturated rings. The second-order valence-electron chi connectivity index (χ2n) is 11.6.